The summed E-state index contributed by atoms with van der Waals surface area (Å²) in [5.74, 6) is 1.12. The molecule has 0 fully saturated rings. The maximum atomic E-state index is 5.90. The van der Waals surface area contributed by atoms with Crippen LogP contribution in [-0.2, 0) is 13.6 Å². The molecule has 0 aliphatic heterocycles. The van der Waals surface area contributed by atoms with Crippen LogP contribution >= 0.6 is 52.6 Å². The molecule has 26 heavy (non-hydrogen) atoms. The molecule has 1 atom stereocenters. The Morgan fingerprint density at radius 3 is 2.81 bits per heavy atom. The van der Waals surface area contributed by atoms with Crippen LogP contribution < -0.4 is 0 Å². The number of aromatic nitrogens is 1. The molecular weight excluding hydrogens is 443 g/mol. The Labute approximate surface area is 177 Å². The first-order chi connectivity index (χ1) is 12.8. The minimum absolute atomic E-state index is 0.748. The summed E-state index contributed by atoms with van der Waals surface area (Å²) < 4.78 is 19.1. The predicted molar refractivity (Wildman–Crippen MR) is 124 cm³/mol. The van der Waals surface area contributed by atoms with Crippen LogP contribution in [0.5, 0.6) is 0 Å². The number of para-hydroxylation sites is 1. The molecule has 0 aliphatic rings. The van der Waals surface area contributed by atoms with Gasteiger partial charge in [-0.05, 0) is 68.4 Å². The van der Waals surface area contributed by atoms with Crippen LogP contribution in [0.15, 0.2) is 28.6 Å². The van der Waals surface area contributed by atoms with Crippen molar-refractivity contribution in [3.05, 3.63) is 24.3 Å². The first-order valence-corrected chi connectivity index (χ1v) is 16.1. The summed E-state index contributed by atoms with van der Waals surface area (Å²) in [5, 5.41) is 0. The molecule has 0 radical (unpaired) electrons. The highest BCUT2D eigenvalue weighted by atomic mass is 33.7. The summed E-state index contributed by atoms with van der Waals surface area (Å²) in [6, 6.07) is 9.36. The zero-order chi connectivity index (χ0) is 18.5. The van der Waals surface area contributed by atoms with Crippen LogP contribution in [0.3, 0.4) is 0 Å². The summed E-state index contributed by atoms with van der Waals surface area (Å²) in [5.41, 5.74) is 1.09. The summed E-state index contributed by atoms with van der Waals surface area (Å²) in [7, 11) is 7.48. The Hall–Kier alpha value is 0.607. The smallest absolute Gasteiger partial charge is 0.321 e. The van der Waals surface area contributed by atoms with Gasteiger partial charge in [0.15, 0.2) is 4.34 Å². The van der Waals surface area contributed by atoms with Crippen molar-refractivity contribution < 1.29 is 13.6 Å². The number of nitrogens with zero attached hydrogens (tertiary/aromatic N) is 1. The molecule has 1 heterocycles. The van der Waals surface area contributed by atoms with Gasteiger partial charge in [0, 0.05) is 32.7 Å². The fourth-order valence-corrected chi connectivity index (χ4v) is 11.5. The fraction of sp³-hybridized carbons (Fsp3) is 0.562. The third-order valence-corrected chi connectivity index (χ3v) is 13.1. The van der Waals surface area contributed by atoms with Gasteiger partial charge >= 0.3 is 9.28 Å². The van der Waals surface area contributed by atoms with Gasteiger partial charge in [-0.2, -0.15) is 0 Å². The number of ether oxygens (including phenoxy) is 1. The van der Waals surface area contributed by atoms with Crippen LogP contribution in [-0.4, -0.2) is 47.0 Å². The van der Waals surface area contributed by atoms with Gasteiger partial charge in [-0.15, -0.1) is 11.3 Å². The van der Waals surface area contributed by atoms with Gasteiger partial charge in [-0.3, -0.25) is 0 Å². The second-order valence-corrected chi connectivity index (χ2v) is 14.6. The van der Waals surface area contributed by atoms with Crippen molar-refractivity contribution >= 4 is 72.1 Å². The number of fused-ring (bicyclic) bond motifs is 1. The first kappa shape index (κ1) is 22.9. The maximum absolute atomic E-state index is 5.90. The lowest BCUT2D eigenvalue weighted by Crippen LogP contribution is -2.24. The van der Waals surface area contributed by atoms with E-state index in [1.807, 2.05) is 33.6 Å². The number of hydrogen-bond donors (Lipinski definition) is 0. The van der Waals surface area contributed by atoms with Crippen molar-refractivity contribution in [1.82, 2.24) is 4.98 Å². The van der Waals surface area contributed by atoms with E-state index in [1.54, 1.807) is 39.1 Å². The monoisotopic (exact) mass is 467 g/mol. The highest BCUT2D eigenvalue weighted by molar-refractivity contribution is 9.26. The summed E-state index contributed by atoms with van der Waals surface area (Å²) >= 11 is 1.76. The number of hydrogen-bond acceptors (Lipinski definition) is 9. The van der Waals surface area contributed by atoms with Crippen molar-refractivity contribution in [2.24, 2.45) is 0 Å². The van der Waals surface area contributed by atoms with E-state index in [4.69, 9.17) is 13.6 Å². The lowest BCUT2D eigenvalue weighted by Gasteiger charge is -2.15. The highest BCUT2D eigenvalue weighted by Gasteiger charge is 2.12. The Morgan fingerprint density at radius 1 is 1.12 bits per heavy atom. The Balaban J connectivity index is 1.52. The molecule has 0 spiro atoms. The average molecular weight is 468 g/mol. The van der Waals surface area contributed by atoms with Crippen molar-refractivity contribution in [3.8, 4) is 0 Å². The molecular formula is C16H25NO3S5Si. The largest absolute Gasteiger partial charge is 0.397 e. The first-order valence-electron chi connectivity index (χ1n) is 8.54. The quantitative estimate of drug-likeness (QED) is 0.178. The molecule has 1 unspecified atom stereocenters. The lowest BCUT2D eigenvalue weighted by molar-refractivity contribution is 0.152. The maximum Gasteiger partial charge on any atom is 0.321 e. The van der Waals surface area contributed by atoms with E-state index in [9.17, 15) is 0 Å². The second kappa shape index (κ2) is 14.6. The molecule has 146 valence electrons. The zero-order valence-corrected chi connectivity index (χ0v) is 20.3. The van der Waals surface area contributed by atoms with Crippen LogP contribution in [0.4, 0.5) is 0 Å². The van der Waals surface area contributed by atoms with Crippen molar-refractivity contribution in [2.45, 2.75) is 30.1 Å². The highest BCUT2D eigenvalue weighted by Crippen LogP contribution is 2.48. The van der Waals surface area contributed by atoms with E-state index in [0.717, 1.165) is 54.3 Å². The van der Waals surface area contributed by atoms with E-state index >= 15 is 0 Å². The van der Waals surface area contributed by atoms with Crippen LogP contribution in [0.25, 0.3) is 10.2 Å². The number of rotatable bonds is 15. The molecule has 10 heteroatoms. The topological polar surface area (TPSA) is 40.6 Å². The summed E-state index contributed by atoms with van der Waals surface area (Å²) in [6.45, 7) is 4.29. The number of methoxy groups -OCH3 is 1. The van der Waals surface area contributed by atoms with E-state index in [-0.39, 0.29) is 0 Å². The molecule has 1 aromatic carbocycles. The minimum atomic E-state index is -1.50. The third kappa shape index (κ3) is 9.20. The van der Waals surface area contributed by atoms with Crippen molar-refractivity contribution in [2.75, 3.05) is 32.7 Å². The van der Waals surface area contributed by atoms with Gasteiger partial charge in [0.05, 0.1) is 10.2 Å². The van der Waals surface area contributed by atoms with Gasteiger partial charge in [0.2, 0.25) is 0 Å². The fourth-order valence-electron chi connectivity index (χ4n) is 2.11. The van der Waals surface area contributed by atoms with E-state index in [0.29, 0.717) is 0 Å². The second-order valence-electron chi connectivity index (χ2n) is 5.23. The van der Waals surface area contributed by atoms with E-state index < -0.39 is 9.28 Å². The van der Waals surface area contributed by atoms with Gasteiger partial charge in [-0.1, -0.05) is 22.9 Å². The molecule has 0 amide bonds. The molecule has 2 aromatic rings. The lowest BCUT2D eigenvalue weighted by atomic mass is 10.3. The molecule has 1 aromatic heterocycles. The molecule has 4 nitrogen and oxygen atoms in total. The van der Waals surface area contributed by atoms with Crippen LogP contribution in [0.2, 0.25) is 6.04 Å². The molecule has 2 rings (SSSR count). The summed E-state index contributed by atoms with van der Waals surface area (Å²) in [6.07, 6.45) is 2.09. The Kier molecular flexibility index (Phi) is 12.8. The van der Waals surface area contributed by atoms with Gasteiger partial charge < -0.3 is 13.6 Å². The zero-order valence-electron chi connectivity index (χ0n) is 15.0. The van der Waals surface area contributed by atoms with Gasteiger partial charge in [0.1, 0.15) is 0 Å². The third-order valence-electron chi connectivity index (χ3n) is 3.27. The van der Waals surface area contributed by atoms with Crippen LogP contribution in [0, 0.1) is 0 Å². The Morgan fingerprint density at radius 2 is 2.00 bits per heavy atom. The van der Waals surface area contributed by atoms with E-state index in [1.165, 1.54) is 4.70 Å². The number of thiazole rings is 1. The number of benzene rings is 1. The van der Waals surface area contributed by atoms with Gasteiger partial charge in [-0.25, -0.2) is 4.98 Å². The molecule has 0 N–H and O–H groups in total. The SMILES string of the molecule is CCO[SiH](CCCSSSSc1nc2ccccc2s1)OCCCOC. The Bertz CT molecular complexity index is 585. The predicted octanol–water partition coefficient (Wildman–Crippen LogP) is 6.03. The minimum Gasteiger partial charge on any atom is -0.397 e. The van der Waals surface area contributed by atoms with Crippen LogP contribution in [0.1, 0.15) is 19.8 Å². The molecule has 0 saturated carbocycles. The summed E-state index contributed by atoms with van der Waals surface area (Å²) in [4.78, 5) is 4.63. The normalized spacial score (nSPS) is 12.7. The molecule has 0 saturated heterocycles. The standard InChI is InChI=1S/C16H25NO3S5Si/c1-3-19-26(20-11-6-10-18-2)13-7-12-21-24-25-23-16-17-14-8-4-5-9-15(14)22-16/h4-5,8-9,26H,3,6-7,10-13H2,1-2H3. The van der Waals surface area contributed by atoms with Crippen molar-refractivity contribution in [1.29, 1.82) is 0 Å². The van der Waals surface area contributed by atoms with Gasteiger partial charge in [0.25, 0.3) is 0 Å². The van der Waals surface area contributed by atoms with E-state index in [2.05, 4.69) is 23.2 Å². The molecule has 0 aliphatic carbocycles. The van der Waals surface area contributed by atoms with Crippen molar-refractivity contribution in [3.63, 3.8) is 0 Å². The molecule has 0 bridgehead atoms. The average Bonchev–Trinajstić information content (AvgIpc) is 3.07.